The van der Waals surface area contributed by atoms with E-state index in [1.54, 1.807) is 12.1 Å². The van der Waals surface area contributed by atoms with Gasteiger partial charge in [-0.15, -0.1) is 0 Å². The molecule has 1 aromatic carbocycles. The number of thioether (sulfide) groups is 1. The lowest BCUT2D eigenvalue weighted by Gasteiger charge is -2.08. The Balaban J connectivity index is 2.08. The lowest BCUT2D eigenvalue weighted by atomic mass is 10.2. The van der Waals surface area contributed by atoms with E-state index in [1.807, 2.05) is 32.0 Å². The van der Waals surface area contributed by atoms with E-state index in [1.165, 1.54) is 11.8 Å². The Morgan fingerprint density at radius 3 is 2.81 bits per heavy atom. The van der Waals surface area contributed by atoms with Gasteiger partial charge in [0.15, 0.2) is 5.16 Å². The summed E-state index contributed by atoms with van der Waals surface area (Å²) >= 11 is 7.58. The molecule has 1 heterocycles. The topological polar surface area (TPSA) is 54.9 Å². The van der Waals surface area contributed by atoms with Crippen LogP contribution in [-0.2, 0) is 6.54 Å². The average molecular weight is 322 g/mol. The number of nitrogens with one attached hydrogen (secondary N) is 1. The number of rotatable bonds is 5. The predicted octanol–water partition coefficient (Wildman–Crippen LogP) is 3.48. The van der Waals surface area contributed by atoms with Crippen molar-refractivity contribution in [2.75, 3.05) is 5.75 Å². The van der Waals surface area contributed by atoms with Crippen molar-refractivity contribution >= 4 is 29.3 Å². The van der Waals surface area contributed by atoms with E-state index in [4.69, 9.17) is 11.6 Å². The van der Waals surface area contributed by atoms with Crippen LogP contribution < -0.4 is 5.32 Å². The molecule has 4 nitrogen and oxygen atoms in total. The second-order valence-electron chi connectivity index (χ2n) is 4.38. The zero-order valence-electron chi connectivity index (χ0n) is 11.9. The highest BCUT2D eigenvalue weighted by Gasteiger charge is 2.11. The Morgan fingerprint density at radius 1 is 1.33 bits per heavy atom. The normalized spacial score (nSPS) is 10.4. The second kappa shape index (κ2) is 7.43. The van der Waals surface area contributed by atoms with Gasteiger partial charge in [0, 0.05) is 17.3 Å². The van der Waals surface area contributed by atoms with Crippen molar-refractivity contribution in [3.05, 3.63) is 52.3 Å². The minimum Gasteiger partial charge on any atom is -0.347 e. The molecule has 1 N–H and O–H groups in total. The second-order valence-corrected chi connectivity index (χ2v) is 6.02. The van der Waals surface area contributed by atoms with Crippen molar-refractivity contribution in [3.8, 4) is 0 Å². The third-order valence-electron chi connectivity index (χ3n) is 2.74. The van der Waals surface area contributed by atoms with E-state index in [9.17, 15) is 4.79 Å². The summed E-state index contributed by atoms with van der Waals surface area (Å²) < 4.78 is 0. The first-order valence-corrected chi connectivity index (χ1v) is 7.96. The SMILES string of the molecule is CCSc1nc(C)cc(C(=O)NCc2ccccc2Cl)n1. The zero-order valence-corrected chi connectivity index (χ0v) is 13.5. The van der Waals surface area contributed by atoms with E-state index in [0.29, 0.717) is 22.4 Å². The number of halogens is 1. The van der Waals surface area contributed by atoms with Crippen LogP contribution in [-0.4, -0.2) is 21.6 Å². The third-order valence-corrected chi connectivity index (χ3v) is 3.84. The number of carbonyl (C=O) groups is 1. The molecule has 0 fully saturated rings. The van der Waals surface area contributed by atoms with E-state index >= 15 is 0 Å². The van der Waals surface area contributed by atoms with Gasteiger partial charge in [-0.25, -0.2) is 9.97 Å². The van der Waals surface area contributed by atoms with Crippen molar-refractivity contribution in [3.63, 3.8) is 0 Å². The van der Waals surface area contributed by atoms with Crippen LogP contribution in [0.25, 0.3) is 0 Å². The highest BCUT2D eigenvalue weighted by atomic mass is 35.5. The Hall–Kier alpha value is -1.59. The maximum absolute atomic E-state index is 12.2. The molecule has 0 saturated heterocycles. The van der Waals surface area contributed by atoms with E-state index in [0.717, 1.165) is 17.0 Å². The molecule has 0 radical (unpaired) electrons. The number of aromatic nitrogens is 2. The smallest absolute Gasteiger partial charge is 0.270 e. The number of hydrogen-bond donors (Lipinski definition) is 1. The van der Waals surface area contributed by atoms with Gasteiger partial charge in [-0.1, -0.05) is 48.5 Å². The molecule has 0 saturated carbocycles. The highest BCUT2D eigenvalue weighted by molar-refractivity contribution is 7.99. The van der Waals surface area contributed by atoms with Gasteiger partial charge in [-0.2, -0.15) is 0 Å². The molecule has 6 heteroatoms. The molecule has 0 spiro atoms. The van der Waals surface area contributed by atoms with Crippen molar-refractivity contribution in [2.45, 2.75) is 25.5 Å². The molecule has 1 amide bonds. The number of hydrogen-bond acceptors (Lipinski definition) is 4. The summed E-state index contributed by atoms with van der Waals surface area (Å²) in [7, 11) is 0. The molecule has 0 aliphatic carbocycles. The van der Waals surface area contributed by atoms with Crippen LogP contribution in [0.15, 0.2) is 35.5 Å². The van der Waals surface area contributed by atoms with E-state index < -0.39 is 0 Å². The fraction of sp³-hybridized carbons (Fsp3) is 0.267. The average Bonchev–Trinajstić information content (AvgIpc) is 2.46. The summed E-state index contributed by atoms with van der Waals surface area (Å²) in [6, 6.07) is 9.11. The minimum absolute atomic E-state index is 0.224. The Labute approximate surface area is 133 Å². The van der Waals surface area contributed by atoms with Crippen LogP contribution in [0.5, 0.6) is 0 Å². The van der Waals surface area contributed by atoms with Gasteiger partial charge in [-0.05, 0) is 30.4 Å². The van der Waals surface area contributed by atoms with Gasteiger partial charge in [-0.3, -0.25) is 4.79 Å². The Bertz CT molecular complexity index is 649. The van der Waals surface area contributed by atoms with Crippen molar-refractivity contribution < 1.29 is 4.79 Å². The number of amides is 1. The zero-order chi connectivity index (χ0) is 15.2. The van der Waals surface area contributed by atoms with Crippen LogP contribution in [0.3, 0.4) is 0 Å². The largest absolute Gasteiger partial charge is 0.347 e. The molecule has 0 aliphatic heterocycles. The fourth-order valence-corrected chi connectivity index (χ4v) is 2.59. The third kappa shape index (κ3) is 4.44. The standard InChI is InChI=1S/C15H16ClN3OS/c1-3-21-15-18-10(2)8-13(19-15)14(20)17-9-11-6-4-5-7-12(11)16/h4-8H,3,9H2,1-2H3,(H,17,20). The Morgan fingerprint density at radius 2 is 2.10 bits per heavy atom. The molecule has 0 atom stereocenters. The number of carbonyl (C=O) groups excluding carboxylic acids is 1. The summed E-state index contributed by atoms with van der Waals surface area (Å²) in [5.41, 5.74) is 2.04. The predicted molar refractivity (Wildman–Crippen MR) is 85.8 cm³/mol. The summed E-state index contributed by atoms with van der Waals surface area (Å²) in [6.45, 7) is 4.25. The molecule has 0 unspecified atom stereocenters. The minimum atomic E-state index is -0.224. The van der Waals surface area contributed by atoms with Crippen molar-refractivity contribution in [1.29, 1.82) is 0 Å². The lowest BCUT2D eigenvalue weighted by molar-refractivity contribution is 0.0945. The van der Waals surface area contributed by atoms with Crippen LogP contribution >= 0.6 is 23.4 Å². The molecule has 0 aliphatic rings. The molecular weight excluding hydrogens is 306 g/mol. The molecule has 0 bridgehead atoms. The van der Waals surface area contributed by atoms with Crippen LogP contribution in [0.1, 0.15) is 28.7 Å². The summed E-state index contributed by atoms with van der Waals surface area (Å²) in [5.74, 6) is 0.641. The maximum atomic E-state index is 12.2. The van der Waals surface area contributed by atoms with Gasteiger partial charge in [0.25, 0.3) is 5.91 Å². The van der Waals surface area contributed by atoms with Gasteiger partial charge in [0.05, 0.1) is 0 Å². The van der Waals surface area contributed by atoms with E-state index in [2.05, 4.69) is 15.3 Å². The Kier molecular flexibility index (Phi) is 5.59. The highest BCUT2D eigenvalue weighted by Crippen LogP contribution is 2.15. The van der Waals surface area contributed by atoms with Crippen molar-refractivity contribution in [1.82, 2.24) is 15.3 Å². The van der Waals surface area contributed by atoms with Gasteiger partial charge in [0.1, 0.15) is 5.69 Å². The first-order valence-electron chi connectivity index (χ1n) is 6.60. The van der Waals surface area contributed by atoms with Crippen LogP contribution in [0, 0.1) is 6.92 Å². The number of aryl methyl sites for hydroxylation is 1. The summed E-state index contributed by atoms with van der Waals surface area (Å²) in [5, 5.41) is 4.09. The van der Waals surface area contributed by atoms with Crippen molar-refractivity contribution in [2.24, 2.45) is 0 Å². The summed E-state index contributed by atoms with van der Waals surface area (Å²) in [6.07, 6.45) is 0. The first kappa shape index (κ1) is 15.8. The monoisotopic (exact) mass is 321 g/mol. The van der Waals surface area contributed by atoms with E-state index in [-0.39, 0.29) is 5.91 Å². The molecule has 2 rings (SSSR count). The molecular formula is C15H16ClN3OS. The lowest BCUT2D eigenvalue weighted by Crippen LogP contribution is -2.24. The van der Waals surface area contributed by atoms with Gasteiger partial charge >= 0.3 is 0 Å². The molecule has 2 aromatic rings. The fourth-order valence-electron chi connectivity index (χ4n) is 1.76. The van der Waals surface area contributed by atoms with Crippen LogP contribution in [0.4, 0.5) is 0 Å². The van der Waals surface area contributed by atoms with Gasteiger partial charge in [0.2, 0.25) is 0 Å². The number of nitrogens with zero attached hydrogens (tertiary/aromatic N) is 2. The number of benzene rings is 1. The first-order chi connectivity index (χ1) is 10.1. The van der Waals surface area contributed by atoms with Gasteiger partial charge < -0.3 is 5.32 Å². The summed E-state index contributed by atoms with van der Waals surface area (Å²) in [4.78, 5) is 20.7. The maximum Gasteiger partial charge on any atom is 0.270 e. The van der Waals surface area contributed by atoms with Crippen LogP contribution in [0.2, 0.25) is 5.02 Å². The molecule has 1 aromatic heterocycles. The molecule has 110 valence electrons. The quantitative estimate of drug-likeness (QED) is 0.676. The molecule has 21 heavy (non-hydrogen) atoms.